The van der Waals surface area contributed by atoms with Crippen LogP contribution in [-0.2, 0) is 15.1 Å². The molecule has 4 amide bonds. The summed E-state index contributed by atoms with van der Waals surface area (Å²) in [7, 11) is 0. The Morgan fingerprint density at radius 3 is 2.69 bits per heavy atom. The molecule has 32 heavy (non-hydrogen) atoms. The van der Waals surface area contributed by atoms with Gasteiger partial charge >= 0.3 is 6.03 Å². The summed E-state index contributed by atoms with van der Waals surface area (Å²) in [6, 6.07) is 15.5. The lowest BCUT2D eigenvalue weighted by molar-refractivity contribution is -0.139. The van der Waals surface area contributed by atoms with E-state index in [-0.39, 0.29) is 6.04 Å². The van der Waals surface area contributed by atoms with Gasteiger partial charge in [0.2, 0.25) is 0 Å². The number of carbonyl (C=O) groups excluding carboxylic acids is 3. The van der Waals surface area contributed by atoms with Crippen LogP contribution in [0, 0.1) is 0 Å². The predicted octanol–water partition coefficient (Wildman–Crippen LogP) is 3.49. The van der Waals surface area contributed by atoms with Gasteiger partial charge in [0.1, 0.15) is 23.6 Å². The first-order chi connectivity index (χ1) is 15.5. The normalized spacial score (nSPS) is 22.9. The number of hydrazone groups is 1. The molecule has 2 aromatic heterocycles. The van der Waals surface area contributed by atoms with Crippen LogP contribution >= 0.6 is 11.3 Å². The third kappa shape index (κ3) is 3.31. The number of furan rings is 1. The second kappa shape index (κ2) is 7.76. The molecule has 2 unspecified atom stereocenters. The van der Waals surface area contributed by atoms with Crippen molar-refractivity contribution < 1.29 is 18.8 Å². The lowest BCUT2D eigenvalue weighted by Gasteiger charge is -2.24. The SMILES string of the molecule is CC1(c2ccccc2)NC(=O)N(CC(=O)N2N=C(c3ccco3)CC2c2cccs2)C1=O. The Morgan fingerprint density at radius 2 is 2.00 bits per heavy atom. The molecule has 0 radical (unpaired) electrons. The van der Waals surface area contributed by atoms with Crippen molar-refractivity contribution in [2.24, 2.45) is 5.10 Å². The van der Waals surface area contributed by atoms with Crippen molar-refractivity contribution >= 4 is 34.9 Å². The van der Waals surface area contributed by atoms with E-state index in [1.54, 1.807) is 49.6 Å². The smallest absolute Gasteiger partial charge is 0.325 e. The number of carbonyl (C=O) groups is 3. The van der Waals surface area contributed by atoms with Crippen molar-refractivity contribution in [2.75, 3.05) is 6.54 Å². The van der Waals surface area contributed by atoms with E-state index in [1.165, 1.54) is 16.3 Å². The minimum atomic E-state index is -1.22. The molecule has 4 heterocycles. The van der Waals surface area contributed by atoms with E-state index in [1.807, 2.05) is 23.6 Å². The number of imide groups is 1. The topological polar surface area (TPSA) is 95.2 Å². The molecule has 1 saturated heterocycles. The minimum absolute atomic E-state index is 0.316. The van der Waals surface area contributed by atoms with Crippen LogP contribution in [0.1, 0.15) is 35.6 Å². The first-order valence-corrected chi connectivity index (χ1v) is 11.0. The molecule has 2 atom stereocenters. The summed E-state index contributed by atoms with van der Waals surface area (Å²) in [6.07, 6.45) is 2.04. The summed E-state index contributed by atoms with van der Waals surface area (Å²) in [5, 5.41) is 10.5. The maximum absolute atomic E-state index is 13.3. The van der Waals surface area contributed by atoms with Gasteiger partial charge in [-0.25, -0.2) is 9.80 Å². The molecule has 0 spiro atoms. The number of amides is 4. The number of nitrogens with one attached hydrogen (secondary N) is 1. The third-order valence-electron chi connectivity index (χ3n) is 5.76. The number of hydrogen-bond acceptors (Lipinski definition) is 6. The summed E-state index contributed by atoms with van der Waals surface area (Å²) in [4.78, 5) is 41.0. The number of thiophene rings is 1. The molecule has 9 heteroatoms. The average molecular weight is 449 g/mol. The average Bonchev–Trinajstić information content (AvgIpc) is 3.58. The van der Waals surface area contributed by atoms with Gasteiger partial charge in [0, 0.05) is 11.3 Å². The Labute approximate surface area is 188 Å². The number of urea groups is 1. The van der Waals surface area contributed by atoms with Crippen LogP contribution in [0.2, 0.25) is 0 Å². The summed E-state index contributed by atoms with van der Waals surface area (Å²) in [6.45, 7) is 1.24. The van der Waals surface area contributed by atoms with Crippen LogP contribution < -0.4 is 5.32 Å². The van der Waals surface area contributed by atoms with Crippen molar-refractivity contribution in [1.82, 2.24) is 15.2 Å². The van der Waals surface area contributed by atoms with Gasteiger partial charge in [-0.2, -0.15) is 5.10 Å². The van der Waals surface area contributed by atoms with Crippen molar-refractivity contribution in [2.45, 2.75) is 24.9 Å². The molecule has 2 aliphatic heterocycles. The summed E-state index contributed by atoms with van der Waals surface area (Å²) in [5.74, 6) is -0.316. The van der Waals surface area contributed by atoms with E-state index in [9.17, 15) is 14.4 Å². The Hall–Kier alpha value is -3.72. The van der Waals surface area contributed by atoms with E-state index < -0.39 is 29.9 Å². The minimum Gasteiger partial charge on any atom is -0.463 e. The molecule has 5 rings (SSSR count). The van der Waals surface area contributed by atoms with Gasteiger partial charge in [-0.05, 0) is 36.1 Å². The third-order valence-corrected chi connectivity index (χ3v) is 6.74. The molecular formula is C23H20N4O4S. The molecule has 3 aromatic rings. The number of nitrogens with zero attached hydrogens (tertiary/aromatic N) is 3. The van der Waals surface area contributed by atoms with Gasteiger partial charge in [-0.15, -0.1) is 11.3 Å². The molecule has 8 nitrogen and oxygen atoms in total. The zero-order chi connectivity index (χ0) is 22.3. The summed E-state index contributed by atoms with van der Waals surface area (Å²) >= 11 is 1.52. The molecule has 2 aliphatic rings. The highest BCUT2D eigenvalue weighted by molar-refractivity contribution is 7.10. The Balaban J connectivity index is 1.40. The van der Waals surface area contributed by atoms with Crippen LogP contribution in [0.5, 0.6) is 0 Å². The van der Waals surface area contributed by atoms with Gasteiger partial charge in [0.15, 0.2) is 0 Å². The van der Waals surface area contributed by atoms with Crippen LogP contribution in [-0.4, -0.2) is 40.0 Å². The summed E-state index contributed by atoms with van der Waals surface area (Å²) < 4.78 is 5.46. The van der Waals surface area contributed by atoms with Crippen LogP contribution in [0.15, 0.2) is 75.8 Å². The first kappa shape index (κ1) is 20.2. The van der Waals surface area contributed by atoms with E-state index >= 15 is 0 Å². The fraction of sp³-hybridized carbons (Fsp3) is 0.217. The number of benzene rings is 1. The monoisotopic (exact) mass is 448 g/mol. The molecule has 1 aromatic carbocycles. The maximum atomic E-state index is 13.3. The van der Waals surface area contributed by atoms with Gasteiger partial charge in [-0.1, -0.05) is 36.4 Å². The number of rotatable bonds is 5. The number of hydrogen-bond donors (Lipinski definition) is 1. The van der Waals surface area contributed by atoms with Crippen molar-refractivity contribution in [1.29, 1.82) is 0 Å². The maximum Gasteiger partial charge on any atom is 0.325 e. The van der Waals surface area contributed by atoms with Gasteiger partial charge in [0.25, 0.3) is 11.8 Å². The van der Waals surface area contributed by atoms with E-state index in [2.05, 4.69) is 10.4 Å². The van der Waals surface area contributed by atoms with Gasteiger partial charge < -0.3 is 9.73 Å². The van der Waals surface area contributed by atoms with Crippen LogP contribution in [0.4, 0.5) is 4.79 Å². The highest BCUT2D eigenvalue weighted by Gasteiger charge is 2.50. The largest absolute Gasteiger partial charge is 0.463 e. The highest BCUT2D eigenvalue weighted by atomic mass is 32.1. The molecule has 162 valence electrons. The van der Waals surface area contributed by atoms with Crippen LogP contribution in [0.25, 0.3) is 0 Å². The second-order valence-corrected chi connectivity index (χ2v) is 8.79. The standard InChI is InChI=1S/C23H20N4O4S/c1-23(15-7-3-2-4-8-15)21(29)26(22(30)24-23)14-20(28)27-17(19-10-6-12-32-19)13-16(25-27)18-9-5-11-31-18/h2-12,17H,13-14H2,1H3,(H,24,30). The highest BCUT2D eigenvalue weighted by Crippen LogP contribution is 2.36. The lowest BCUT2D eigenvalue weighted by Crippen LogP contribution is -2.43. The molecule has 0 bridgehead atoms. The fourth-order valence-electron chi connectivity index (χ4n) is 4.05. The van der Waals surface area contributed by atoms with E-state index in [4.69, 9.17) is 4.42 Å². The van der Waals surface area contributed by atoms with Crippen LogP contribution in [0.3, 0.4) is 0 Å². The van der Waals surface area contributed by atoms with E-state index in [0.717, 1.165) is 9.78 Å². The predicted molar refractivity (Wildman–Crippen MR) is 118 cm³/mol. The lowest BCUT2D eigenvalue weighted by atomic mass is 9.92. The molecule has 0 saturated carbocycles. The Bertz CT molecular complexity index is 1190. The van der Waals surface area contributed by atoms with Gasteiger partial charge in [-0.3, -0.25) is 14.5 Å². The first-order valence-electron chi connectivity index (χ1n) is 10.1. The fourth-order valence-corrected chi connectivity index (χ4v) is 4.86. The summed E-state index contributed by atoms with van der Waals surface area (Å²) in [5.41, 5.74) is 0.0801. The van der Waals surface area contributed by atoms with Crippen molar-refractivity contribution in [3.63, 3.8) is 0 Å². The van der Waals surface area contributed by atoms with Crippen molar-refractivity contribution in [3.8, 4) is 0 Å². The van der Waals surface area contributed by atoms with Crippen molar-refractivity contribution in [3.05, 3.63) is 82.4 Å². The second-order valence-electron chi connectivity index (χ2n) is 7.81. The van der Waals surface area contributed by atoms with Gasteiger partial charge in [0.05, 0.1) is 12.3 Å². The van der Waals surface area contributed by atoms with E-state index in [0.29, 0.717) is 23.5 Å². The zero-order valence-electron chi connectivity index (χ0n) is 17.2. The molecule has 0 aliphatic carbocycles. The quantitative estimate of drug-likeness (QED) is 0.605. The Kier molecular flexibility index (Phi) is 4.90. The Morgan fingerprint density at radius 1 is 1.19 bits per heavy atom. The zero-order valence-corrected chi connectivity index (χ0v) is 18.0. The molecule has 1 N–H and O–H groups in total. The molecular weight excluding hydrogens is 428 g/mol. The molecule has 1 fully saturated rings.